The van der Waals surface area contributed by atoms with Crippen molar-refractivity contribution >= 4 is 0 Å². The maximum atomic E-state index is 13.5. The van der Waals surface area contributed by atoms with E-state index in [1.807, 2.05) is 7.05 Å². The summed E-state index contributed by atoms with van der Waals surface area (Å²) in [6.07, 6.45) is 1.02. The molecule has 0 aromatic heterocycles. The third-order valence-electron chi connectivity index (χ3n) is 3.52. The van der Waals surface area contributed by atoms with Gasteiger partial charge in [-0.15, -0.1) is 0 Å². The predicted molar refractivity (Wildman–Crippen MR) is 79.7 cm³/mol. The summed E-state index contributed by atoms with van der Waals surface area (Å²) in [4.78, 5) is 0. The van der Waals surface area contributed by atoms with Gasteiger partial charge in [-0.2, -0.15) is 0 Å². The van der Waals surface area contributed by atoms with Gasteiger partial charge in [0.25, 0.3) is 0 Å². The molecule has 1 atom stereocenters. The van der Waals surface area contributed by atoms with Crippen molar-refractivity contribution in [3.63, 3.8) is 0 Å². The van der Waals surface area contributed by atoms with Crippen LogP contribution in [0.5, 0.6) is 5.75 Å². The molecule has 0 saturated heterocycles. The fraction of sp³-hybridized carbons (Fsp3) is 0.294. The van der Waals surface area contributed by atoms with Crippen LogP contribution in [0, 0.1) is 5.82 Å². The van der Waals surface area contributed by atoms with Crippen LogP contribution in [0.3, 0.4) is 0 Å². The Balaban J connectivity index is 2.35. The van der Waals surface area contributed by atoms with Crippen LogP contribution in [0.15, 0.2) is 42.5 Å². The van der Waals surface area contributed by atoms with Gasteiger partial charge in [0.1, 0.15) is 0 Å². The quantitative estimate of drug-likeness (QED) is 0.896. The Morgan fingerprint density at radius 3 is 2.30 bits per heavy atom. The van der Waals surface area contributed by atoms with Crippen LogP contribution < -0.4 is 10.1 Å². The molecule has 0 amide bonds. The van der Waals surface area contributed by atoms with E-state index < -0.39 is 0 Å². The van der Waals surface area contributed by atoms with Gasteiger partial charge in [0.2, 0.25) is 0 Å². The molecule has 0 saturated carbocycles. The Kier molecular flexibility index (Phi) is 4.74. The summed E-state index contributed by atoms with van der Waals surface area (Å²) in [6, 6.07) is 13.5. The smallest absolute Gasteiger partial charge is 0.165 e. The highest BCUT2D eigenvalue weighted by Gasteiger charge is 2.14. The first kappa shape index (κ1) is 14.5. The third-order valence-corrected chi connectivity index (χ3v) is 3.52. The van der Waals surface area contributed by atoms with E-state index in [0.717, 1.165) is 17.5 Å². The summed E-state index contributed by atoms with van der Waals surface area (Å²) in [5.41, 5.74) is 3.44. The summed E-state index contributed by atoms with van der Waals surface area (Å²) in [5.74, 6) is -0.0691. The maximum Gasteiger partial charge on any atom is 0.165 e. The van der Waals surface area contributed by atoms with Gasteiger partial charge < -0.3 is 10.1 Å². The maximum absolute atomic E-state index is 13.5. The van der Waals surface area contributed by atoms with Crippen molar-refractivity contribution in [3.8, 4) is 5.75 Å². The molecule has 3 heteroatoms. The van der Waals surface area contributed by atoms with Crippen LogP contribution in [-0.4, -0.2) is 14.2 Å². The molecular formula is C17H20FNO. The van der Waals surface area contributed by atoms with E-state index in [1.165, 1.54) is 18.7 Å². The molecule has 0 spiro atoms. The lowest BCUT2D eigenvalue weighted by atomic mass is 9.97. The van der Waals surface area contributed by atoms with Crippen LogP contribution in [-0.2, 0) is 6.42 Å². The molecule has 20 heavy (non-hydrogen) atoms. The molecule has 0 radical (unpaired) electrons. The molecule has 1 N–H and O–H groups in total. The van der Waals surface area contributed by atoms with E-state index in [9.17, 15) is 4.39 Å². The van der Waals surface area contributed by atoms with Crippen molar-refractivity contribution < 1.29 is 9.13 Å². The number of benzene rings is 2. The summed E-state index contributed by atoms with van der Waals surface area (Å²) < 4.78 is 18.5. The minimum atomic E-state index is -0.340. The summed E-state index contributed by atoms with van der Waals surface area (Å²) in [6.45, 7) is 2.13. The Labute approximate surface area is 119 Å². The highest BCUT2D eigenvalue weighted by atomic mass is 19.1. The first-order chi connectivity index (χ1) is 9.69. The van der Waals surface area contributed by atoms with Crippen LogP contribution in [0.1, 0.15) is 29.7 Å². The number of nitrogens with one attached hydrogen (secondary N) is 1. The number of aryl methyl sites for hydroxylation is 1. The second-order valence-electron chi connectivity index (χ2n) is 4.71. The minimum absolute atomic E-state index is 0.0235. The number of hydrogen-bond donors (Lipinski definition) is 1. The second-order valence-corrected chi connectivity index (χ2v) is 4.71. The lowest BCUT2D eigenvalue weighted by molar-refractivity contribution is 0.385. The molecule has 0 aliphatic rings. The van der Waals surface area contributed by atoms with Gasteiger partial charge in [-0.1, -0.05) is 37.3 Å². The van der Waals surface area contributed by atoms with Gasteiger partial charge in [-0.3, -0.25) is 0 Å². The van der Waals surface area contributed by atoms with Crippen molar-refractivity contribution in [2.24, 2.45) is 0 Å². The first-order valence-electron chi connectivity index (χ1n) is 6.79. The van der Waals surface area contributed by atoms with E-state index in [4.69, 9.17) is 4.74 Å². The van der Waals surface area contributed by atoms with Gasteiger partial charge in [0.05, 0.1) is 13.2 Å². The number of methoxy groups -OCH3 is 1. The van der Waals surface area contributed by atoms with E-state index in [2.05, 4.69) is 36.5 Å². The fourth-order valence-electron chi connectivity index (χ4n) is 2.33. The lowest BCUT2D eigenvalue weighted by Crippen LogP contribution is -2.17. The van der Waals surface area contributed by atoms with Crippen LogP contribution in [0.25, 0.3) is 0 Å². The van der Waals surface area contributed by atoms with Crippen molar-refractivity contribution in [2.75, 3.05) is 14.2 Å². The van der Waals surface area contributed by atoms with Crippen molar-refractivity contribution in [1.82, 2.24) is 5.32 Å². The van der Waals surface area contributed by atoms with Gasteiger partial charge in [0.15, 0.2) is 11.6 Å². The molecule has 2 aromatic rings. The first-order valence-corrected chi connectivity index (χ1v) is 6.79. The predicted octanol–water partition coefficient (Wildman–Crippen LogP) is 3.71. The van der Waals surface area contributed by atoms with Crippen LogP contribution >= 0.6 is 0 Å². The topological polar surface area (TPSA) is 21.3 Å². The van der Waals surface area contributed by atoms with E-state index in [-0.39, 0.29) is 17.6 Å². The molecule has 0 aliphatic heterocycles. The molecule has 1 unspecified atom stereocenters. The van der Waals surface area contributed by atoms with Gasteiger partial charge >= 0.3 is 0 Å². The summed E-state index contributed by atoms with van der Waals surface area (Å²) >= 11 is 0. The average Bonchev–Trinajstić information content (AvgIpc) is 2.50. The van der Waals surface area contributed by atoms with Crippen molar-refractivity contribution in [1.29, 1.82) is 0 Å². The Hall–Kier alpha value is -1.87. The van der Waals surface area contributed by atoms with Gasteiger partial charge in [-0.25, -0.2) is 4.39 Å². The van der Waals surface area contributed by atoms with Crippen molar-refractivity contribution in [3.05, 3.63) is 65.0 Å². The molecule has 0 heterocycles. The van der Waals surface area contributed by atoms with Gasteiger partial charge in [0, 0.05) is 0 Å². The van der Waals surface area contributed by atoms with Crippen LogP contribution in [0.2, 0.25) is 0 Å². The Bertz CT molecular complexity index is 566. The normalized spacial score (nSPS) is 12.2. The SMILES string of the molecule is CCc1ccc(C(NC)c2ccc(F)c(OC)c2)cc1. The molecule has 2 rings (SSSR count). The zero-order valence-corrected chi connectivity index (χ0v) is 12.1. The largest absolute Gasteiger partial charge is 0.494 e. The second kappa shape index (κ2) is 6.53. The number of hydrogen-bond acceptors (Lipinski definition) is 2. The van der Waals surface area contributed by atoms with Crippen molar-refractivity contribution in [2.45, 2.75) is 19.4 Å². The molecular weight excluding hydrogens is 253 g/mol. The third kappa shape index (κ3) is 2.99. The number of rotatable bonds is 5. The zero-order chi connectivity index (χ0) is 14.5. The molecule has 2 nitrogen and oxygen atoms in total. The molecule has 106 valence electrons. The van der Waals surface area contributed by atoms with E-state index in [0.29, 0.717) is 0 Å². The molecule has 0 fully saturated rings. The monoisotopic (exact) mass is 273 g/mol. The summed E-state index contributed by atoms with van der Waals surface area (Å²) in [7, 11) is 3.38. The lowest BCUT2D eigenvalue weighted by Gasteiger charge is -2.18. The Morgan fingerprint density at radius 1 is 1.10 bits per heavy atom. The minimum Gasteiger partial charge on any atom is -0.494 e. The molecule has 0 aliphatic carbocycles. The standard InChI is InChI=1S/C17H20FNO/c1-4-12-5-7-13(8-6-12)17(19-2)14-9-10-15(18)16(11-14)20-3/h5-11,17,19H,4H2,1-3H3. The molecule has 2 aromatic carbocycles. The average molecular weight is 273 g/mol. The zero-order valence-electron chi connectivity index (χ0n) is 12.1. The van der Waals surface area contributed by atoms with E-state index in [1.54, 1.807) is 12.1 Å². The molecule has 0 bridgehead atoms. The Morgan fingerprint density at radius 2 is 1.75 bits per heavy atom. The number of ether oxygens (including phenoxy) is 1. The van der Waals surface area contributed by atoms with Crippen LogP contribution in [0.4, 0.5) is 4.39 Å². The van der Waals surface area contributed by atoms with E-state index >= 15 is 0 Å². The summed E-state index contributed by atoms with van der Waals surface area (Å²) in [5, 5.41) is 3.26. The fourth-order valence-corrected chi connectivity index (χ4v) is 2.33. The highest BCUT2D eigenvalue weighted by molar-refractivity contribution is 5.38. The number of halogens is 1. The van der Waals surface area contributed by atoms with Gasteiger partial charge in [-0.05, 0) is 42.3 Å². The highest BCUT2D eigenvalue weighted by Crippen LogP contribution is 2.27.